The number of rotatable bonds is 2. The molecule has 0 aliphatic rings. The molecule has 0 unspecified atom stereocenters. The Labute approximate surface area is 104 Å². The molecular formula is C11H14ClN3O2. The molecule has 5 nitrogen and oxygen atoms in total. The Kier molecular flexibility index (Phi) is 4.45. The van der Waals surface area contributed by atoms with E-state index in [1.807, 2.05) is 13.8 Å². The Balaban J connectivity index is 0.000000686. The number of nitrogens with zero attached hydrogens (tertiary/aromatic N) is 3. The number of carbonyl (C=O) groups is 1. The number of halogens is 1. The van der Waals surface area contributed by atoms with Crippen molar-refractivity contribution >= 4 is 28.8 Å². The Morgan fingerprint density at radius 1 is 1.47 bits per heavy atom. The summed E-state index contributed by atoms with van der Waals surface area (Å²) in [7, 11) is 3.24. The molecule has 0 N–H and O–H groups in total. The molecule has 0 aromatic carbocycles. The number of aldehydes is 1. The molecule has 2 aromatic heterocycles. The van der Waals surface area contributed by atoms with Crippen molar-refractivity contribution in [2.24, 2.45) is 7.05 Å². The van der Waals surface area contributed by atoms with Crippen molar-refractivity contribution in [3.8, 4) is 5.88 Å². The van der Waals surface area contributed by atoms with Gasteiger partial charge in [0, 0.05) is 13.1 Å². The van der Waals surface area contributed by atoms with Crippen LogP contribution in [0, 0.1) is 0 Å². The summed E-state index contributed by atoms with van der Waals surface area (Å²) in [6.45, 7) is 4.00. The van der Waals surface area contributed by atoms with Gasteiger partial charge in [0.1, 0.15) is 10.8 Å². The summed E-state index contributed by atoms with van der Waals surface area (Å²) in [5.41, 5.74) is 0.955. The van der Waals surface area contributed by atoms with Crippen molar-refractivity contribution in [3.05, 3.63) is 16.9 Å². The lowest BCUT2D eigenvalue weighted by molar-refractivity contribution is 0.112. The molecule has 92 valence electrons. The first-order valence-electron chi connectivity index (χ1n) is 5.19. The van der Waals surface area contributed by atoms with Gasteiger partial charge < -0.3 is 4.74 Å². The molecule has 0 saturated heterocycles. The number of hydrogen-bond acceptors (Lipinski definition) is 4. The first kappa shape index (κ1) is 13.4. The lowest BCUT2D eigenvalue weighted by atomic mass is 10.2. The van der Waals surface area contributed by atoms with Crippen LogP contribution in [0.3, 0.4) is 0 Å². The molecule has 0 atom stereocenters. The normalized spacial score (nSPS) is 9.71. The van der Waals surface area contributed by atoms with E-state index in [2.05, 4.69) is 10.1 Å². The van der Waals surface area contributed by atoms with Crippen molar-refractivity contribution in [1.29, 1.82) is 0 Å². The third-order valence-corrected chi connectivity index (χ3v) is 2.30. The fourth-order valence-corrected chi connectivity index (χ4v) is 1.66. The van der Waals surface area contributed by atoms with Crippen molar-refractivity contribution in [1.82, 2.24) is 14.8 Å². The number of aromatic nitrogens is 3. The molecule has 0 spiro atoms. The largest absolute Gasteiger partial charge is 0.479 e. The zero-order chi connectivity index (χ0) is 13.0. The zero-order valence-electron chi connectivity index (χ0n) is 10.2. The molecule has 17 heavy (non-hydrogen) atoms. The standard InChI is InChI=1S/C9H8ClN3O2.C2H6/c1-13-6-3-7(10)11-5(4-14)8(6)9(12-13)15-2;1-2/h3-4H,1-2H3;1-2H3. The molecule has 0 aliphatic carbocycles. The van der Waals surface area contributed by atoms with Crippen LogP contribution in [0.1, 0.15) is 24.3 Å². The van der Waals surface area contributed by atoms with Crippen LogP contribution >= 0.6 is 11.6 Å². The number of aryl methyl sites for hydroxylation is 1. The summed E-state index contributed by atoms with van der Waals surface area (Å²) in [5.74, 6) is 0.374. The van der Waals surface area contributed by atoms with Gasteiger partial charge in [-0.2, -0.15) is 0 Å². The number of hydrogen-bond donors (Lipinski definition) is 0. The Hall–Kier alpha value is -1.62. The summed E-state index contributed by atoms with van der Waals surface area (Å²) in [6, 6.07) is 1.64. The highest BCUT2D eigenvalue weighted by atomic mass is 35.5. The maximum atomic E-state index is 10.8. The third kappa shape index (κ3) is 2.39. The zero-order valence-corrected chi connectivity index (χ0v) is 10.9. The van der Waals surface area contributed by atoms with Crippen molar-refractivity contribution in [2.45, 2.75) is 13.8 Å². The van der Waals surface area contributed by atoms with Gasteiger partial charge in [-0.1, -0.05) is 25.4 Å². The smallest absolute Gasteiger partial charge is 0.242 e. The molecule has 0 radical (unpaired) electrons. The predicted octanol–water partition coefficient (Wildman–Crippen LogP) is 2.47. The summed E-state index contributed by atoms with van der Waals surface area (Å²) in [5, 5.41) is 4.94. The number of carbonyl (C=O) groups excluding carboxylic acids is 1. The van der Waals surface area contributed by atoms with E-state index in [1.54, 1.807) is 17.8 Å². The molecule has 2 heterocycles. The molecule has 6 heteroatoms. The van der Waals surface area contributed by atoms with Crippen LogP contribution in [0.15, 0.2) is 6.07 Å². The van der Waals surface area contributed by atoms with Gasteiger partial charge in [0.05, 0.1) is 18.0 Å². The van der Waals surface area contributed by atoms with E-state index in [4.69, 9.17) is 16.3 Å². The number of ether oxygens (including phenoxy) is 1. The van der Waals surface area contributed by atoms with Crippen molar-refractivity contribution in [3.63, 3.8) is 0 Å². The minimum atomic E-state index is 0.238. The number of fused-ring (bicyclic) bond motifs is 1. The van der Waals surface area contributed by atoms with E-state index in [0.29, 0.717) is 23.1 Å². The highest BCUT2D eigenvalue weighted by Gasteiger charge is 2.15. The lowest BCUT2D eigenvalue weighted by Gasteiger charge is -1.98. The fraction of sp³-hybridized carbons (Fsp3) is 0.364. The number of methoxy groups -OCH3 is 1. The Morgan fingerprint density at radius 3 is 2.65 bits per heavy atom. The van der Waals surface area contributed by atoms with Crippen LogP contribution in [0.5, 0.6) is 5.88 Å². The van der Waals surface area contributed by atoms with Crippen LogP contribution in [-0.2, 0) is 7.05 Å². The van der Waals surface area contributed by atoms with E-state index < -0.39 is 0 Å². The van der Waals surface area contributed by atoms with Gasteiger partial charge in [-0.25, -0.2) is 4.98 Å². The Morgan fingerprint density at radius 2 is 2.12 bits per heavy atom. The molecule has 0 fully saturated rings. The topological polar surface area (TPSA) is 57.0 Å². The third-order valence-electron chi connectivity index (χ3n) is 2.10. The second kappa shape index (κ2) is 5.63. The van der Waals surface area contributed by atoms with E-state index in [1.165, 1.54) is 7.11 Å². The quantitative estimate of drug-likeness (QED) is 0.611. The van der Waals surface area contributed by atoms with Gasteiger partial charge in [0.2, 0.25) is 5.88 Å². The van der Waals surface area contributed by atoms with Gasteiger partial charge in [-0.3, -0.25) is 9.48 Å². The Bertz CT molecular complexity index is 537. The fourth-order valence-electron chi connectivity index (χ4n) is 1.46. The van der Waals surface area contributed by atoms with E-state index in [0.717, 1.165) is 0 Å². The minimum Gasteiger partial charge on any atom is -0.479 e. The minimum absolute atomic E-state index is 0.238. The summed E-state index contributed by atoms with van der Waals surface area (Å²) < 4.78 is 6.65. The molecular weight excluding hydrogens is 242 g/mol. The van der Waals surface area contributed by atoms with Gasteiger partial charge in [-0.15, -0.1) is 5.10 Å². The highest BCUT2D eigenvalue weighted by Crippen LogP contribution is 2.27. The predicted molar refractivity (Wildman–Crippen MR) is 66.8 cm³/mol. The van der Waals surface area contributed by atoms with Crippen LogP contribution < -0.4 is 4.74 Å². The van der Waals surface area contributed by atoms with Crippen LogP contribution in [-0.4, -0.2) is 28.2 Å². The van der Waals surface area contributed by atoms with Gasteiger partial charge in [-0.05, 0) is 0 Å². The lowest BCUT2D eigenvalue weighted by Crippen LogP contribution is -1.92. The van der Waals surface area contributed by atoms with Crippen molar-refractivity contribution < 1.29 is 9.53 Å². The first-order valence-corrected chi connectivity index (χ1v) is 5.57. The monoisotopic (exact) mass is 255 g/mol. The van der Waals surface area contributed by atoms with Gasteiger partial charge in [0.25, 0.3) is 0 Å². The molecule has 0 saturated carbocycles. The highest BCUT2D eigenvalue weighted by molar-refractivity contribution is 6.30. The van der Waals surface area contributed by atoms with Gasteiger partial charge >= 0.3 is 0 Å². The summed E-state index contributed by atoms with van der Waals surface area (Å²) in [6.07, 6.45) is 0.637. The second-order valence-corrected chi connectivity index (χ2v) is 3.36. The average Bonchev–Trinajstić information content (AvgIpc) is 2.68. The first-order chi connectivity index (χ1) is 8.17. The van der Waals surface area contributed by atoms with Gasteiger partial charge in [0.15, 0.2) is 6.29 Å². The number of pyridine rings is 1. The maximum absolute atomic E-state index is 10.8. The molecule has 0 amide bonds. The molecule has 2 aromatic rings. The molecule has 2 rings (SSSR count). The van der Waals surface area contributed by atoms with Crippen LogP contribution in [0.4, 0.5) is 0 Å². The molecule has 0 bridgehead atoms. The SMILES string of the molecule is CC.COc1nn(C)c2cc(Cl)nc(C=O)c12. The second-order valence-electron chi connectivity index (χ2n) is 2.98. The maximum Gasteiger partial charge on any atom is 0.242 e. The molecule has 0 aliphatic heterocycles. The average molecular weight is 256 g/mol. The van der Waals surface area contributed by atoms with E-state index >= 15 is 0 Å². The van der Waals surface area contributed by atoms with Crippen LogP contribution in [0.2, 0.25) is 5.15 Å². The van der Waals surface area contributed by atoms with Crippen molar-refractivity contribution in [2.75, 3.05) is 7.11 Å². The van der Waals surface area contributed by atoms with E-state index in [-0.39, 0.29) is 10.8 Å². The summed E-state index contributed by atoms with van der Waals surface area (Å²) >= 11 is 5.78. The van der Waals surface area contributed by atoms with E-state index in [9.17, 15) is 4.79 Å². The summed E-state index contributed by atoms with van der Waals surface area (Å²) in [4.78, 5) is 14.7. The van der Waals surface area contributed by atoms with Crippen LogP contribution in [0.25, 0.3) is 10.9 Å².